The Kier molecular flexibility index (Phi) is 32.5. The van der Waals surface area contributed by atoms with E-state index in [-0.39, 0.29) is 120 Å². The first-order chi connectivity index (χ1) is 54.8. The number of nitrogens with zero attached hydrogens (tertiary/aromatic N) is 4. The molecule has 4 N–H and O–H groups in total. The molecule has 2 saturated carbocycles. The van der Waals surface area contributed by atoms with Crippen LogP contribution >= 0.6 is 0 Å². The molecule has 1 amide bonds. The van der Waals surface area contributed by atoms with Crippen LogP contribution in [0.15, 0.2) is 139 Å². The third-order valence-corrected chi connectivity index (χ3v) is 22.4. The Hall–Kier alpha value is -9.58. The lowest BCUT2D eigenvalue weighted by Crippen LogP contribution is -2.82. The van der Waals surface area contributed by atoms with Gasteiger partial charge in [-0.25, -0.2) is 9.59 Å². The molecule has 2 bridgehead atoms. The molecule has 0 unspecified atom stereocenters. The van der Waals surface area contributed by atoms with Crippen molar-refractivity contribution in [3.05, 3.63) is 166 Å². The number of esters is 8. The maximum absolute atomic E-state index is 15.5. The van der Waals surface area contributed by atoms with E-state index < -0.39 is 113 Å². The van der Waals surface area contributed by atoms with Crippen molar-refractivity contribution < 1.29 is 106 Å². The molecule has 4 aliphatic rings. The molecule has 3 fully saturated rings. The molecule has 1 heterocycles. The number of Topliss-reactive ketones (excluding diaryl/α,β-unsaturated/α-hetero) is 1. The zero-order valence-corrected chi connectivity index (χ0v) is 69.8. The molecule has 0 aromatic heterocycles. The number of carbonyl (C=O) groups is 10. The fourth-order valence-corrected chi connectivity index (χ4v) is 15.9. The average molecular weight is 1610 g/mol. The zero-order valence-electron chi connectivity index (χ0n) is 69.8. The quantitative estimate of drug-likeness (QED) is 0.0127. The summed E-state index contributed by atoms with van der Waals surface area (Å²) in [5.74, 6) is -7.01. The van der Waals surface area contributed by atoms with Crippen LogP contribution in [0.4, 0.5) is 0 Å². The number of aliphatic hydroxyl groups excluding tert-OH is 2. The largest absolute Gasteiger partial charge is 0.456 e. The van der Waals surface area contributed by atoms with E-state index >= 15 is 4.79 Å². The number of ether oxygens (including phenoxy) is 9. The van der Waals surface area contributed by atoms with Crippen LogP contribution in [-0.2, 0) is 74.9 Å². The standard InChI is InChI=1S/C47H51NO14.C42H66N4O8/c1-25-31(60-43(56)36(52)35(28-16-10-7-11-17-28)48-41(54)29-18-12-8-13-19-29)23-47(57)40(61-42(55)30-20-14-9-15-21-30)38-45(6,32(51)22-33-46(38,24-58-33)62-27(3)50)39(53)37(59-26(2)49)34(25)44(47,4)5;1-31(27-33-19-21-35(51-39(47)15-11-23-43(3)4)37(29-33)53-41(49)17-13-25-45(7)8)32(2)28-34-20-22-36(52-40(48)16-12-24-44(5)6)38(30-34)54-42(50)18-14-26-46(9)10/h7-21,31-33,35-38,40,51-52,57H,22-24H2,1-6H3,(H,48,54);19-22,29-32H,11-18,23-28H2,1-10H3/t31-,32-,33+,35-,36+,37+,38-,40-,45+,46-,47+;31-,32-/m01/s1. The molecule has 1 saturated heterocycles. The second-order valence-electron chi connectivity index (χ2n) is 32.8. The van der Waals surface area contributed by atoms with Crippen molar-refractivity contribution >= 4 is 59.4 Å². The first-order valence-electron chi connectivity index (χ1n) is 39.7. The van der Waals surface area contributed by atoms with E-state index in [1.54, 1.807) is 117 Å². The monoisotopic (exact) mass is 1610 g/mol. The fourth-order valence-electron chi connectivity index (χ4n) is 15.9. The van der Waals surface area contributed by atoms with Gasteiger partial charge in [0.2, 0.25) is 0 Å². The minimum absolute atomic E-state index is 0.00289. The van der Waals surface area contributed by atoms with Crippen molar-refractivity contribution in [2.75, 3.05) is 89.2 Å². The maximum atomic E-state index is 15.5. The lowest BCUT2D eigenvalue weighted by molar-refractivity contribution is -0.346. The predicted molar refractivity (Wildman–Crippen MR) is 430 cm³/mol. The molecule has 0 radical (unpaired) electrons. The van der Waals surface area contributed by atoms with Gasteiger partial charge >= 0.3 is 47.8 Å². The third-order valence-electron chi connectivity index (χ3n) is 22.4. The SMILES string of the molecule is CC(=O)O[C@H]1C(=O)[C@@]2(C)[C@H]([C@H](OC(=O)c3ccccc3)[C@]3(O)C[C@H](OC(=O)[C@H](O)[C@@H](NC(=O)c4ccccc4)c4ccccc4)C(C)=C1C3(C)C)[C@]1(OC(C)=O)CO[C@@H]1C[C@@H]2O.C[C@H](Cc1ccc(OC(=O)CCCN(C)C)c(OC(=O)CCCN(C)C)c1)[C@H](C)Cc1ccc(OC(=O)CCCN(C)C)c(OC(=O)CCCN(C)C)c1. The van der Waals surface area contributed by atoms with E-state index in [1.807, 2.05) is 88.1 Å². The van der Waals surface area contributed by atoms with Crippen LogP contribution in [-0.4, -0.2) is 231 Å². The summed E-state index contributed by atoms with van der Waals surface area (Å²) in [4.78, 5) is 142. The summed E-state index contributed by atoms with van der Waals surface area (Å²) in [5.41, 5.74) is -5.13. The minimum atomic E-state index is -2.39. The number of aliphatic hydroxyl groups is 3. The van der Waals surface area contributed by atoms with Crippen molar-refractivity contribution in [1.82, 2.24) is 24.9 Å². The molecule has 0 spiro atoms. The van der Waals surface area contributed by atoms with Gasteiger partial charge < -0.3 is 82.9 Å². The van der Waals surface area contributed by atoms with Crippen molar-refractivity contribution in [1.29, 1.82) is 0 Å². The van der Waals surface area contributed by atoms with E-state index in [0.717, 1.165) is 51.2 Å². The summed E-state index contributed by atoms with van der Waals surface area (Å²) in [5, 5.41) is 40.2. The lowest BCUT2D eigenvalue weighted by Gasteiger charge is -2.67. The van der Waals surface area contributed by atoms with Crippen LogP contribution in [0.3, 0.4) is 0 Å². The van der Waals surface area contributed by atoms with Crippen LogP contribution in [0, 0.1) is 28.6 Å². The van der Waals surface area contributed by atoms with Gasteiger partial charge in [-0.15, -0.1) is 0 Å². The van der Waals surface area contributed by atoms with Gasteiger partial charge in [-0.1, -0.05) is 107 Å². The van der Waals surface area contributed by atoms with E-state index in [2.05, 4.69) is 19.2 Å². The molecule has 630 valence electrons. The Labute approximate surface area is 680 Å². The molecule has 116 heavy (non-hydrogen) atoms. The van der Waals surface area contributed by atoms with Crippen LogP contribution < -0.4 is 24.3 Å². The van der Waals surface area contributed by atoms with Gasteiger partial charge in [0.25, 0.3) is 5.91 Å². The Morgan fingerprint density at radius 1 is 0.569 bits per heavy atom. The van der Waals surface area contributed by atoms with Crippen molar-refractivity contribution in [2.24, 2.45) is 28.6 Å². The molecular formula is C89H117N5O22. The highest BCUT2D eigenvalue weighted by Gasteiger charge is 2.78. The number of nitrogens with one attached hydrogen (secondary N) is 1. The van der Waals surface area contributed by atoms with Gasteiger partial charge in [0, 0.05) is 63.4 Å². The molecule has 3 aliphatic carbocycles. The Morgan fingerprint density at radius 2 is 1.00 bits per heavy atom. The molecule has 27 heteroatoms. The normalized spacial score (nSPS) is 22.9. The fraction of sp³-hybridized carbons (Fsp3) is 0.528. The first kappa shape index (κ1) is 91.9. The van der Waals surface area contributed by atoms with E-state index in [1.165, 1.54) is 26.0 Å². The average Bonchev–Trinajstić information content (AvgIpc) is 0.668. The van der Waals surface area contributed by atoms with Crippen LogP contribution in [0.25, 0.3) is 0 Å². The molecule has 13 atom stereocenters. The van der Waals surface area contributed by atoms with Gasteiger partial charge in [-0.3, -0.25) is 38.4 Å². The minimum Gasteiger partial charge on any atom is -0.456 e. The summed E-state index contributed by atoms with van der Waals surface area (Å²) in [6.45, 7) is 15.3. The molecule has 5 aromatic carbocycles. The highest BCUT2D eigenvalue weighted by Crippen LogP contribution is 2.65. The number of fused-ring (bicyclic) bond motifs is 5. The van der Waals surface area contributed by atoms with E-state index in [9.17, 15) is 58.5 Å². The molecule has 1 aliphatic heterocycles. The number of rotatable bonds is 35. The number of ketones is 1. The molecule has 5 aromatic rings. The van der Waals surface area contributed by atoms with Crippen molar-refractivity contribution in [2.45, 2.75) is 186 Å². The molecule has 9 rings (SSSR count). The second kappa shape index (κ2) is 41.0. The highest BCUT2D eigenvalue weighted by atomic mass is 16.6. The molecule has 27 nitrogen and oxygen atoms in total. The Balaban J connectivity index is 0.000000293. The second-order valence-corrected chi connectivity index (χ2v) is 32.8. The van der Waals surface area contributed by atoms with E-state index in [0.29, 0.717) is 44.1 Å². The Bertz CT molecular complexity index is 4180. The first-order valence-corrected chi connectivity index (χ1v) is 39.7. The van der Waals surface area contributed by atoms with Gasteiger partial charge in [0.1, 0.15) is 23.9 Å². The number of amides is 1. The number of carbonyl (C=O) groups excluding carboxylic acids is 10. The van der Waals surface area contributed by atoms with Gasteiger partial charge in [-0.2, -0.15) is 0 Å². The summed E-state index contributed by atoms with van der Waals surface area (Å²) in [6, 6.07) is 33.8. The van der Waals surface area contributed by atoms with Crippen molar-refractivity contribution in [3.8, 4) is 23.0 Å². The summed E-state index contributed by atoms with van der Waals surface area (Å²) >= 11 is 0. The summed E-state index contributed by atoms with van der Waals surface area (Å²) in [7, 11) is 15.6. The van der Waals surface area contributed by atoms with Crippen LogP contribution in [0.1, 0.15) is 163 Å². The number of hydrogen-bond donors (Lipinski definition) is 4. The van der Waals surface area contributed by atoms with Gasteiger partial charge in [-0.05, 0) is 223 Å². The Morgan fingerprint density at radius 3 is 1.41 bits per heavy atom. The molecular weight excluding hydrogens is 1490 g/mol. The van der Waals surface area contributed by atoms with Crippen LogP contribution in [0.5, 0.6) is 23.0 Å². The predicted octanol–water partition coefficient (Wildman–Crippen LogP) is 9.47. The zero-order chi connectivity index (χ0) is 85.1. The van der Waals surface area contributed by atoms with Crippen LogP contribution in [0.2, 0.25) is 0 Å². The smallest absolute Gasteiger partial charge is 0.338 e. The summed E-state index contributed by atoms with van der Waals surface area (Å²) < 4.78 is 53.2. The number of hydrogen-bond acceptors (Lipinski definition) is 26. The van der Waals surface area contributed by atoms with Gasteiger partial charge in [0.15, 0.2) is 46.6 Å². The van der Waals surface area contributed by atoms with Gasteiger partial charge in [0.05, 0.1) is 35.6 Å². The third kappa shape index (κ3) is 23.2. The highest BCUT2D eigenvalue weighted by molar-refractivity contribution is 5.96. The lowest BCUT2D eigenvalue weighted by atomic mass is 9.44. The topological polar surface area (TPSA) is 339 Å². The van der Waals surface area contributed by atoms with E-state index in [4.69, 9.17) is 42.6 Å². The summed E-state index contributed by atoms with van der Waals surface area (Å²) in [6.07, 6.45) is -5.54. The van der Waals surface area contributed by atoms with Crippen molar-refractivity contribution in [3.63, 3.8) is 0 Å². The maximum Gasteiger partial charge on any atom is 0.338 e. The number of benzene rings is 5.